The maximum Gasteiger partial charge on any atom is 0.261 e. The molecule has 3 nitrogen and oxygen atoms in total. The van der Waals surface area contributed by atoms with Gasteiger partial charge in [-0.25, -0.2) is 0 Å². The number of piperidine rings is 1. The quantitative estimate of drug-likeness (QED) is 0.868. The molecule has 0 aliphatic carbocycles. The van der Waals surface area contributed by atoms with Crippen LogP contribution in [0.4, 0.5) is 0 Å². The summed E-state index contributed by atoms with van der Waals surface area (Å²) in [5.41, 5.74) is 1.07. The number of carbonyl (C=O) groups excluding carboxylic acids is 1. The Kier molecular flexibility index (Phi) is 5.43. The van der Waals surface area contributed by atoms with Gasteiger partial charge in [0.15, 0.2) is 0 Å². The number of carbonyl (C=O) groups is 1. The van der Waals surface area contributed by atoms with Crippen molar-refractivity contribution >= 4 is 29.7 Å². The average molecular weight is 275 g/mol. The molecule has 0 aromatic carbocycles. The van der Waals surface area contributed by atoms with E-state index in [9.17, 15) is 4.79 Å². The second kappa shape index (κ2) is 6.38. The van der Waals surface area contributed by atoms with Crippen LogP contribution in [0.15, 0.2) is 11.4 Å². The number of hydrogen-bond donors (Lipinski definition) is 2. The van der Waals surface area contributed by atoms with Crippen molar-refractivity contribution in [1.29, 1.82) is 0 Å². The van der Waals surface area contributed by atoms with Gasteiger partial charge in [0.05, 0.1) is 4.88 Å². The topological polar surface area (TPSA) is 41.1 Å². The summed E-state index contributed by atoms with van der Waals surface area (Å²) in [5.74, 6) is 0.638. The van der Waals surface area contributed by atoms with Crippen molar-refractivity contribution in [1.82, 2.24) is 10.6 Å². The zero-order chi connectivity index (χ0) is 11.5. The molecular formula is C12H19ClN2OS. The molecule has 0 saturated carbocycles. The first-order chi connectivity index (χ1) is 7.68. The Hall–Kier alpha value is -0.580. The van der Waals surface area contributed by atoms with Crippen LogP contribution in [0.25, 0.3) is 0 Å². The van der Waals surface area contributed by atoms with E-state index in [0.29, 0.717) is 5.92 Å². The Morgan fingerprint density at radius 1 is 1.59 bits per heavy atom. The summed E-state index contributed by atoms with van der Waals surface area (Å²) < 4.78 is 0. The highest BCUT2D eigenvalue weighted by atomic mass is 35.5. The molecule has 1 aromatic rings. The Morgan fingerprint density at radius 3 is 2.94 bits per heavy atom. The molecule has 5 heteroatoms. The fourth-order valence-electron chi connectivity index (χ4n) is 2.02. The molecule has 1 aliphatic heterocycles. The number of rotatable bonds is 2. The van der Waals surface area contributed by atoms with Crippen molar-refractivity contribution in [2.75, 3.05) is 13.1 Å². The zero-order valence-corrected chi connectivity index (χ0v) is 11.8. The molecule has 0 bridgehead atoms. The molecule has 1 aromatic heterocycles. The minimum atomic E-state index is 0. The highest BCUT2D eigenvalue weighted by Crippen LogP contribution is 2.17. The van der Waals surface area contributed by atoms with Gasteiger partial charge in [-0.15, -0.1) is 23.7 Å². The lowest BCUT2D eigenvalue weighted by atomic mass is 9.95. The van der Waals surface area contributed by atoms with Crippen molar-refractivity contribution in [3.63, 3.8) is 0 Å². The van der Waals surface area contributed by atoms with Crippen LogP contribution in [0, 0.1) is 12.8 Å². The van der Waals surface area contributed by atoms with E-state index in [0.717, 1.165) is 30.0 Å². The summed E-state index contributed by atoms with van der Waals surface area (Å²) in [7, 11) is 0. The maximum absolute atomic E-state index is 12.0. The monoisotopic (exact) mass is 274 g/mol. The molecule has 0 radical (unpaired) electrons. The normalized spacial score (nSPS) is 23.9. The molecule has 96 valence electrons. The van der Waals surface area contributed by atoms with E-state index in [1.54, 1.807) is 0 Å². The summed E-state index contributed by atoms with van der Waals surface area (Å²) in [6.45, 7) is 6.13. The Morgan fingerprint density at radius 2 is 2.35 bits per heavy atom. The lowest BCUT2D eigenvalue weighted by molar-refractivity contribution is 0.0919. The molecule has 2 rings (SSSR count). The van der Waals surface area contributed by atoms with Crippen molar-refractivity contribution in [2.45, 2.75) is 26.3 Å². The Balaban J connectivity index is 0.00000144. The summed E-state index contributed by atoms with van der Waals surface area (Å²) in [6, 6.07) is 2.25. The van der Waals surface area contributed by atoms with E-state index >= 15 is 0 Å². The van der Waals surface area contributed by atoms with Crippen LogP contribution in [0.2, 0.25) is 0 Å². The van der Waals surface area contributed by atoms with Crippen LogP contribution in [0.1, 0.15) is 28.6 Å². The van der Waals surface area contributed by atoms with Gasteiger partial charge in [-0.3, -0.25) is 4.79 Å². The van der Waals surface area contributed by atoms with E-state index in [4.69, 9.17) is 0 Å². The van der Waals surface area contributed by atoms with E-state index in [-0.39, 0.29) is 24.4 Å². The molecule has 2 atom stereocenters. The van der Waals surface area contributed by atoms with Crippen molar-refractivity contribution in [3.8, 4) is 0 Å². The largest absolute Gasteiger partial charge is 0.347 e. The number of aryl methyl sites for hydroxylation is 1. The highest BCUT2D eigenvalue weighted by molar-refractivity contribution is 7.12. The van der Waals surface area contributed by atoms with E-state index < -0.39 is 0 Å². The maximum atomic E-state index is 12.0. The number of nitrogens with one attached hydrogen (secondary N) is 2. The molecule has 2 unspecified atom stereocenters. The average Bonchev–Trinajstić information content (AvgIpc) is 2.68. The predicted octanol–water partition coefficient (Wildman–Crippen LogP) is 2.21. The van der Waals surface area contributed by atoms with Gasteiger partial charge in [-0.1, -0.05) is 6.92 Å². The smallest absolute Gasteiger partial charge is 0.261 e. The second-order valence-electron chi connectivity index (χ2n) is 4.48. The van der Waals surface area contributed by atoms with Gasteiger partial charge in [-0.2, -0.15) is 0 Å². The standard InChI is InChI=1S/C12H18N2OS.ClH/c1-8-3-5-13-7-10(8)14-12(15)11-9(2)4-6-16-11;/h4,6,8,10,13H,3,5,7H2,1-2H3,(H,14,15);1H. The molecule has 1 fully saturated rings. The molecule has 17 heavy (non-hydrogen) atoms. The summed E-state index contributed by atoms with van der Waals surface area (Å²) in [4.78, 5) is 12.9. The van der Waals surface area contributed by atoms with Crippen LogP contribution in [0.3, 0.4) is 0 Å². The van der Waals surface area contributed by atoms with Crippen LogP contribution in [-0.2, 0) is 0 Å². The third kappa shape index (κ3) is 3.44. The summed E-state index contributed by atoms with van der Waals surface area (Å²) in [5, 5.41) is 8.41. The van der Waals surface area contributed by atoms with E-state index in [1.165, 1.54) is 11.3 Å². The fraction of sp³-hybridized carbons (Fsp3) is 0.583. The molecule has 1 amide bonds. The number of thiophene rings is 1. The summed E-state index contributed by atoms with van der Waals surface area (Å²) in [6.07, 6.45) is 1.13. The van der Waals surface area contributed by atoms with Gasteiger partial charge in [0, 0.05) is 12.6 Å². The third-order valence-corrected chi connectivity index (χ3v) is 4.23. The highest BCUT2D eigenvalue weighted by Gasteiger charge is 2.23. The molecule has 1 saturated heterocycles. The SMILES string of the molecule is Cc1ccsc1C(=O)NC1CNCCC1C.Cl. The molecule has 0 spiro atoms. The van der Waals surface area contributed by atoms with E-state index in [1.807, 2.05) is 18.4 Å². The van der Waals surface area contributed by atoms with Crippen LogP contribution in [-0.4, -0.2) is 25.0 Å². The van der Waals surface area contributed by atoms with Gasteiger partial charge in [0.1, 0.15) is 0 Å². The molecular weight excluding hydrogens is 256 g/mol. The minimum absolute atomic E-state index is 0. The minimum Gasteiger partial charge on any atom is -0.347 e. The number of amides is 1. The number of hydrogen-bond acceptors (Lipinski definition) is 3. The first kappa shape index (κ1) is 14.5. The summed E-state index contributed by atoms with van der Waals surface area (Å²) >= 11 is 1.52. The van der Waals surface area contributed by atoms with Gasteiger partial charge in [0.2, 0.25) is 0 Å². The Bertz CT molecular complexity index is 380. The number of halogens is 1. The van der Waals surface area contributed by atoms with Crippen molar-refractivity contribution in [2.24, 2.45) is 5.92 Å². The van der Waals surface area contributed by atoms with Gasteiger partial charge >= 0.3 is 0 Å². The zero-order valence-electron chi connectivity index (χ0n) is 10.2. The Labute approximate surface area is 112 Å². The van der Waals surface area contributed by atoms with E-state index in [2.05, 4.69) is 17.6 Å². The molecule has 1 aliphatic rings. The van der Waals surface area contributed by atoms with Gasteiger partial charge in [0.25, 0.3) is 5.91 Å². The predicted molar refractivity (Wildman–Crippen MR) is 74.2 cm³/mol. The first-order valence-corrected chi connectivity index (χ1v) is 6.62. The third-order valence-electron chi connectivity index (χ3n) is 3.21. The fourth-order valence-corrected chi connectivity index (χ4v) is 2.85. The lowest BCUT2D eigenvalue weighted by Crippen LogP contribution is -2.50. The van der Waals surface area contributed by atoms with Crippen LogP contribution < -0.4 is 10.6 Å². The van der Waals surface area contributed by atoms with Crippen LogP contribution >= 0.6 is 23.7 Å². The van der Waals surface area contributed by atoms with Gasteiger partial charge < -0.3 is 10.6 Å². The van der Waals surface area contributed by atoms with Crippen LogP contribution in [0.5, 0.6) is 0 Å². The molecule has 2 heterocycles. The second-order valence-corrected chi connectivity index (χ2v) is 5.40. The first-order valence-electron chi connectivity index (χ1n) is 5.74. The van der Waals surface area contributed by atoms with Crippen molar-refractivity contribution < 1.29 is 4.79 Å². The lowest BCUT2D eigenvalue weighted by Gasteiger charge is -2.30. The van der Waals surface area contributed by atoms with Crippen molar-refractivity contribution in [3.05, 3.63) is 21.9 Å². The molecule has 2 N–H and O–H groups in total. The van der Waals surface area contributed by atoms with Gasteiger partial charge in [-0.05, 0) is 42.8 Å².